The molecule has 1 heterocycles. The molecule has 0 saturated heterocycles. The van der Waals surface area contributed by atoms with Crippen LogP contribution in [0.2, 0.25) is 0 Å². The minimum absolute atomic E-state index is 0.101. The van der Waals surface area contributed by atoms with Gasteiger partial charge < -0.3 is 16.4 Å². The molecule has 2 aromatic rings. The Morgan fingerprint density at radius 2 is 2.00 bits per heavy atom. The summed E-state index contributed by atoms with van der Waals surface area (Å²) in [5.74, 6) is -0.360. The standard InChI is InChI=1S/C18H19N3O2/c19-16(10-12-4-2-1-3-5-12)18(23)21-14-7-6-13-8-9-20-17(22)15(13)11-14/h1-7,11,16H,8-10,19H2,(H,20,22)(H,21,23)/t16-/m0/s1. The molecule has 0 aliphatic carbocycles. The number of nitrogens with two attached hydrogens (primary N) is 1. The summed E-state index contributed by atoms with van der Waals surface area (Å²) < 4.78 is 0. The highest BCUT2D eigenvalue weighted by Gasteiger charge is 2.19. The fraction of sp³-hybridized carbons (Fsp3) is 0.222. The molecule has 1 atom stereocenters. The summed E-state index contributed by atoms with van der Waals surface area (Å²) in [6.07, 6.45) is 1.28. The van der Waals surface area contributed by atoms with Crippen molar-refractivity contribution in [2.24, 2.45) is 5.73 Å². The van der Waals surface area contributed by atoms with Crippen LogP contribution >= 0.6 is 0 Å². The number of hydrogen-bond acceptors (Lipinski definition) is 3. The zero-order valence-corrected chi connectivity index (χ0v) is 12.7. The second-order valence-corrected chi connectivity index (χ2v) is 5.66. The first kappa shape index (κ1) is 15.2. The van der Waals surface area contributed by atoms with E-state index in [0.717, 1.165) is 17.5 Å². The molecule has 0 aromatic heterocycles. The Bertz CT molecular complexity index is 728. The summed E-state index contributed by atoms with van der Waals surface area (Å²) in [5, 5.41) is 5.59. The molecule has 0 spiro atoms. The van der Waals surface area contributed by atoms with Gasteiger partial charge in [-0.1, -0.05) is 36.4 Å². The van der Waals surface area contributed by atoms with Gasteiger partial charge >= 0.3 is 0 Å². The van der Waals surface area contributed by atoms with Gasteiger partial charge in [0.25, 0.3) is 5.91 Å². The van der Waals surface area contributed by atoms with Gasteiger partial charge in [0.15, 0.2) is 0 Å². The van der Waals surface area contributed by atoms with E-state index >= 15 is 0 Å². The largest absolute Gasteiger partial charge is 0.352 e. The number of benzene rings is 2. The normalized spacial score (nSPS) is 14.6. The van der Waals surface area contributed by atoms with E-state index in [9.17, 15) is 9.59 Å². The van der Waals surface area contributed by atoms with Gasteiger partial charge in [0.2, 0.25) is 5.91 Å². The quantitative estimate of drug-likeness (QED) is 0.800. The van der Waals surface area contributed by atoms with Gasteiger partial charge in [0.1, 0.15) is 0 Å². The van der Waals surface area contributed by atoms with E-state index < -0.39 is 6.04 Å². The predicted octanol–water partition coefficient (Wildman–Crippen LogP) is 1.48. The summed E-state index contributed by atoms with van der Waals surface area (Å²) in [6.45, 7) is 0.652. The van der Waals surface area contributed by atoms with Crippen LogP contribution in [0, 0.1) is 0 Å². The first-order valence-electron chi connectivity index (χ1n) is 7.65. The molecule has 0 saturated carbocycles. The van der Waals surface area contributed by atoms with Crippen molar-refractivity contribution < 1.29 is 9.59 Å². The number of amides is 2. The third-order valence-electron chi connectivity index (χ3n) is 3.94. The molecule has 23 heavy (non-hydrogen) atoms. The number of carbonyl (C=O) groups excluding carboxylic acids is 2. The molecule has 5 heteroatoms. The predicted molar refractivity (Wildman–Crippen MR) is 89.2 cm³/mol. The summed E-state index contributed by atoms with van der Waals surface area (Å²) in [7, 11) is 0. The first-order chi connectivity index (χ1) is 11.1. The lowest BCUT2D eigenvalue weighted by Crippen LogP contribution is -2.37. The topological polar surface area (TPSA) is 84.2 Å². The fourth-order valence-corrected chi connectivity index (χ4v) is 2.69. The highest BCUT2D eigenvalue weighted by Crippen LogP contribution is 2.19. The molecular weight excluding hydrogens is 290 g/mol. The van der Waals surface area contributed by atoms with Crippen molar-refractivity contribution in [3.63, 3.8) is 0 Å². The Morgan fingerprint density at radius 1 is 1.22 bits per heavy atom. The minimum Gasteiger partial charge on any atom is -0.352 e. The van der Waals surface area contributed by atoms with Crippen molar-refractivity contribution in [3.05, 3.63) is 65.2 Å². The maximum Gasteiger partial charge on any atom is 0.251 e. The molecule has 2 aromatic carbocycles. The van der Waals surface area contributed by atoms with Crippen LogP contribution in [-0.4, -0.2) is 24.4 Å². The Kier molecular flexibility index (Phi) is 4.39. The van der Waals surface area contributed by atoms with E-state index in [1.807, 2.05) is 42.5 Å². The SMILES string of the molecule is N[C@@H](Cc1ccccc1)C(=O)Nc1ccc2c(c1)C(=O)NCC2. The molecule has 0 bridgehead atoms. The van der Waals surface area contributed by atoms with Crippen molar-refractivity contribution in [1.82, 2.24) is 5.32 Å². The number of rotatable bonds is 4. The Morgan fingerprint density at radius 3 is 2.78 bits per heavy atom. The van der Waals surface area contributed by atoms with Gasteiger partial charge in [0.05, 0.1) is 6.04 Å². The average molecular weight is 309 g/mol. The van der Waals surface area contributed by atoms with Gasteiger partial charge in [0, 0.05) is 17.8 Å². The van der Waals surface area contributed by atoms with Crippen molar-refractivity contribution in [2.45, 2.75) is 18.9 Å². The second kappa shape index (κ2) is 6.62. The molecule has 5 nitrogen and oxygen atoms in total. The van der Waals surface area contributed by atoms with Crippen LogP contribution in [0.15, 0.2) is 48.5 Å². The van der Waals surface area contributed by atoms with Crippen molar-refractivity contribution in [1.29, 1.82) is 0 Å². The highest BCUT2D eigenvalue weighted by molar-refractivity contribution is 6.00. The van der Waals surface area contributed by atoms with Gasteiger partial charge in [-0.15, -0.1) is 0 Å². The number of anilines is 1. The maximum atomic E-state index is 12.2. The number of fused-ring (bicyclic) bond motifs is 1. The summed E-state index contributed by atoms with van der Waals surface area (Å²) in [6, 6.07) is 14.4. The molecule has 3 rings (SSSR count). The van der Waals surface area contributed by atoms with Gasteiger partial charge in [-0.2, -0.15) is 0 Å². The molecule has 1 aliphatic heterocycles. The van der Waals surface area contributed by atoms with Crippen LogP contribution < -0.4 is 16.4 Å². The van der Waals surface area contributed by atoms with E-state index in [4.69, 9.17) is 5.73 Å². The number of nitrogens with one attached hydrogen (secondary N) is 2. The molecule has 4 N–H and O–H groups in total. The lowest BCUT2D eigenvalue weighted by Gasteiger charge is -2.18. The monoisotopic (exact) mass is 309 g/mol. The summed E-state index contributed by atoms with van der Waals surface area (Å²) in [5.41, 5.74) is 9.19. The van der Waals surface area contributed by atoms with E-state index in [1.54, 1.807) is 6.07 Å². The van der Waals surface area contributed by atoms with Crippen LogP contribution in [0.5, 0.6) is 0 Å². The zero-order valence-electron chi connectivity index (χ0n) is 12.7. The van der Waals surface area contributed by atoms with Crippen molar-refractivity contribution in [3.8, 4) is 0 Å². The number of hydrogen-bond donors (Lipinski definition) is 3. The van der Waals surface area contributed by atoms with Crippen LogP contribution in [0.25, 0.3) is 0 Å². The summed E-state index contributed by atoms with van der Waals surface area (Å²) in [4.78, 5) is 24.1. The molecular formula is C18H19N3O2. The molecule has 2 amide bonds. The van der Waals surface area contributed by atoms with Crippen LogP contribution in [0.3, 0.4) is 0 Å². The van der Waals surface area contributed by atoms with Crippen LogP contribution in [0.4, 0.5) is 5.69 Å². The lowest BCUT2D eigenvalue weighted by molar-refractivity contribution is -0.117. The second-order valence-electron chi connectivity index (χ2n) is 5.66. The van der Waals surface area contributed by atoms with Crippen molar-refractivity contribution in [2.75, 3.05) is 11.9 Å². The Hall–Kier alpha value is -2.66. The summed E-state index contributed by atoms with van der Waals surface area (Å²) >= 11 is 0. The van der Waals surface area contributed by atoms with Gasteiger partial charge in [-0.3, -0.25) is 9.59 Å². The van der Waals surface area contributed by atoms with Crippen LogP contribution in [-0.2, 0) is 17.6 Å². The fourth-order valence-electron chi connectivity index (χ4n) is 2.69. The number of carbonyl (C=O) groups is 2. The smallest absolute Gasteiger partial charge is 0.251 e. The van der Waals surface area contributed by atoms with E-state index in [2.05, 4.69) is 10.6 Å². The Balaban J connectivity index is 1.68. The molecule has 118 valence electrons. The third kappa shape index (κ3) is 3.57. The van der Waals surface area contributed by atoms with E-state index in [1.165, 1.54) is 0 Å². The molecule has 0 radical (unpaired) electrons. The maximum absolute atomic E-state index is 12.2. The zero-order chi connectivity index (χ0) is 16.2. The van der Waals surface area contributed by atoms with Crippen LogP contribution in [0.1, 0.15) is 21.5 Å². The lowest BCUT2D eigenvalue weighted by atomic mass is 9.99. The molecule has 0 unspecified atom stereocenters. The van der Waals surface area contributed by atoms with Gasteiger partial charge in [-0.05, 0) is 36.1 Å². The first-order valence-corrected chi connectivity index (χ1v) is 7.65. The minimum atomic E-state index is -0.637. The average Bonchev–Trinajstić information content (AvgIpc) is 2.56. The van der Waals surface area contributed by atoms with Crippen molar-refractivity contribution >= 4 is 17.5 Å². The molecule has 0 fully saturated rings. The van der Waals surface area contributed by atoms with Gasteiger partial charge in [-0.25, -0.2) is 0 Å². The molecule has 1 aliphatic rings. The Labute approximate surface area is 134 Å². The third-order valence-corrected chi connectivity index (χ3v) is 3.94. The van der Waals surface area contributed by atoms with E-state index in [0.29, 0.717) is 24.2 Å². The highest BCUT2D eigenvalue weighted by atomic mass is 16.2. The van der Waals surface area contributed by atoms with E-state index in [-0.39, 0.29) is 11.8 Å².